The molecule has 1 aliphatic heterocycles. The van der Waals surface area contributed by atoms with Gasteiger partial charge in [-0.05, 0) is 18.5 Å². The summed E-state index contributed by atoms with van der Waals surface area (Å²) in [5, 5.41) is 7.44. The van der Waals surface area contributed by atoms with E-state index in [4.69, 9.17) is 9.26 Å². The lowest BCUT2D eigenvalue weighted by molar-refractivity contribution is 0.00904. The van der Waals surface area contributed by atoms with E-state index in [2.05, 4.69) is 22.6 Å². The molecule has 0 aliphatic carbocycles. The molecule has 1 aromatic carbocycles. The number of hydrogen-bond donors (Lipinski definition) is 1. The molecule has 0 radical (unpaired) electrons. The van der Waals surface area contributed by atoms with Crippen LogP contribution < -0.4 is 5.32 Å². The van der Waals surface area contributed by atoms with Crippen LogP contribution in [0.5, 0.6) is 0 Å². The van der Waals surface area contributed by atoms with Crippen molar-refractivity contribution in [3.63, 3.8) is 0 Å². The van der Waals surface area contributed by atoms with Crippen molar-refractivity contribution >= 4 is 0 Å². The summed E-state index contributed by atoms with van der Waals surface area (Å²) in [5.74, 6) is 0.323. The lowest BCUT2D eigenvalue weighted by atomic mass is 9.92. The summed E-state index contributed by atoms with van der Waals surface area (Å²) in [6, 6.07) is 12.2. The molecule has 1 saturated heterocycles. The summed E-state index contributed by atoms with van der Waals surface area (Å²) in [6.45, 7) is 2.51. The molecule has 1 aliphatic rings. The molecule has 2 heterocycles. The zero-order chi connectivity index (χ0) is 12.9. The van der Waals surface area contributed by atoms with Crippen molar-refractivity contribution in [2.24, 2.45) is 0 Å². The number of benzene rings is 1. The van der Waals surface area contributed by atoms with E-state index in [1.807, 2.05) is 24.3 Å². The van der Waals surface area contributed by atoms with E-state index in [0.29, 0.717) is 12.5 Å². The zero-order valence-corrected chi connectivity index (χ0v) is 10.8. The summed E-state index contributed by atoms with van der Waals surface area (Å²) in [5.41, 5.74) is 2.20. The van der Waals surface area contributed by atoms with Gasteiger partial charge in [0.25, 0.3) is 0 Å². The Morgan fingerprint density at radius 1 is 1.26 bits per heavy atom. The highest BCUT2D eigenvalue weighted by molar-refractivity contribution is 5.14. The van der Waals surface area contributed by atoms with Crippen LogP contribution in [0.1, 0.15) is 23.6 Å². The van der Waals surface area contributed by atoms with Crippen molar-refractivity contribution in [2.75, 3.05) is 13.1 Å². The second-order valence-electron chi connectivity index (χ2n) is 4.86. The zero-order valence-electron chi connectivity index (χ0n) is 10.8. The van der Waals surface area contributed by atoms with Crippen LogP contribution in [0.15, 0.2) is 47.2 Å². The molecule has 4 heteroatoms. The van der Waals surface area contributed by atoms with Gasteiger partial charge in [0.2, 0.25) is 0 Å². The molecule has 2 unspecified atom stereocenters. The number of ether oxygens (including phenoxy) is 1. The van der Waals surface area contributed by atoms with E-state index in [-0.39, 0.29) is 6.10 Å². The van der Waals surface area contributed by atoms with Gasteiger partial charge in [-0.2, -0.15) is 0 Å². The van der Waals surface area contributed by atoms with Crippen molar-refractivity contribution in [3.05, 3.63) is 53.9 Å². The second-order valence-corrected chi connectivity index (χ2v) is 4.86. The van der Waals surface area contributed by atoms with Crippen LogP contribution in [-0.4, -0.2) is 24.4 Å². The van der Waals surface area contributed by atoms with E-state index < -0.39 is 0 Å². The van der Waals surface area contributed by atoms with Gasteiger partial charge in [-0.3, -0.25) is 0 Å². The first kappa shape index (κ1) is 12.4. The summed E-state index contributed by atoms with van der Waals surface area (Å²) in [7, 11) is 0. The Bertz CT molecular complexity index is 484. The maximum absolute atomic E-state index is 6.06. The molecule has 0 bridgehead atoms. The van der Waals surface area contributed by atoms with Crippen LogP contribution in [0, 0.1) is 0 Å². The summed E-state index contributed by atoms with van der Waals surface area (Å²) in [4.78, 5) is 0. The molecule has 2 aromatic rings. The first-order chi connectivity index (χ1) is 9.43. The molecule has 100 valence electrons. The fraction of sp³-hybridized carbons (Fsp3) is 0.400. The van der Waals surface area contributed by atoms with Gasteiger partial charge in [0.1, 0.15) is 6.26 Å². The summed E-state index contributed by atoms with van der Waals surface area (Å²) >= 11 is 0. The topological polar surface area (TPSA) is 47.3 Å². The molecule has 3 rings (SSSR count). The number of aromatic nitrogens is 1. The van der Waals surface area contributed by atoms with Crippen molar-refractivity contribution in [2.45, 2.75) is 25.0 Å². The third kappa shape index (κ3) is 3.03. The number of piperidine rings is 1. The first-order valence-electron chi connectivity index (χ1n) is 6.70. The van der Waals surface area contributed by atoms with Gasteiger partial charge < -0.3 is 14.6 Å². The first-order valence-corrected chi connectivity index (χ1v) is 6.70. The van der Waals surface area contributed by atoms with E-state index >= 15 is 0 Å². The highest BCUT2D eigenvalue weighted by Gasteiger charge is 2.28. The summed E-state index contributed by atoms with van der Waals surface area (Å²) in [6.07, 6.45) is 2.82. The third-order valence-corrected chi connectivity index (χ3v) is 3.57. The third-order valence-electron chi connectivity index (χ3n) is 3.57. The highest BCUT2D eigenvalue weighted by Crippen LogP contribution is 2.27. The van der Waals surface area contributed by atoms with Gasteiger partial charge in [-0.25, -0.2) is 0 Å². The van der Waals surface area contributed by atoms with Gasteiger partial charge in [0.05, 0.1) is 18.4 Å². The largest absolute Gasteiger partial charge is 0.372 e. The minimum absolute atomic E-state index is 0.152. The van der Waals surface area contributed by atoms with Crippen LogP contribution in [-0.2, 0) is 11.3 Å². The van der Waals surface area contributed by atoms with Crippen LogP contribution in [0.3, 0.4) is 0 Å². The van der Waals surface area contributed by atoms with Crippen molar-refractivity contribution < 1.29 is 9.26 Å². The Balaban J connectivity index is 1.64. The van der Waals surface area contributed by atoms with Gasteiger partial charge >= 0.3 is 0 Å². The predicted octanol–water partition coefficient (Wildman–Crippen LogP) is 2.34. The van der Waals surface area contributed by atoms with Gasteiger partial charge in [0, 0.05) is 18.5 Å². The SMILES string of the molecule is c1ccc(COC2CNCCC2c2ccon2)cc1. The molecule has 1 fully saturated rings. The van der Waals surface area contributed by atoms with E-state index in [9.17, 15) is 0 Å². The minimum atomic E-state index is 0.152. The number of hydrogen-bond acceptors (Lipinski definition) is 4. The molecule has 0 spiro atoms. The van der Waals surface area contributed by atoms with Gasteiger partial charge in [-0.15, -0.1) is 0 Å². The average Bonchev–Trinajstić information content (AvgIpc) is 3.01. The lowest BCUT2D eigenvalue weighted by Crippen LogP contribution is -2.41. The van der Waals surface area contributed by atoms with Crippen LogP contribution in [0.25, 0.3) is 0 Å². The highest BCUT2D eigenvalue weighted by atomic mass is 16.5. The molecule has 0 saturated carbocycles. The van der Waals surface area contributed by atoms with Gasteiger partial charge in [-0.1, -0.05) is 35.5 Å². The predicted molar refractivity (Wildman–Crippen MR) is 71.7 cm³/mol. The quantitative estimate of drug-likeness (QED) is 0.914. The molecule has 19 heavy (non-hydrogen) atoms. The molecule has 0 amide bonds. The van der Waals surface area contributed by atoms with Crippen molar-refractivity contribution in [3.8, 4) is 0 Å². The Kier molecular flexibility index (Phi) is 3.91. The van der Waals surface area contributed by atoms with Crippen LogP contribution >= 0.6 is 0 Å². The molecular formula is C15H18N2O2. The molecule has 1 N–H and O–H groups in total. The monoisotopic (exact) mass is 258 g/mol. The number of nitrogens with zero attached hydrogens (tertiary/aromatic N) is 1. The van der Waals surface area contributed by atoms with Crippen LogP contribution in [0.4, 0.5) is 0 Å². The van der Waals surface area contributed by atoms with Gasteiger partial charge in [0.15, 0.2) is 0 Å². The van der Waals surface area contributed by atoms with E-state index in [1.54, 1.807) is 6.26 Å². The Hall–Kier alpha value is -1.65. The normalized spacial score (nSPS) is 23.4. The van der Waals surface area contributed by atoms with E-state index in [0.717, 1.165) is 25.2 Å². The molecular weight excluding hydrogens is 240 g/mol. The molecule has 2 atom stereocenters. The van der Waals surface area contributed by atoms with Crippen molar-refractivity contribution in [1.29, 1.82) is 0 Å². The smallest absolute Gasteiger partial charge is 0.124 e. The van der Waals surface area contributed by atoms with Crippen molar-refractivity contribution in [1.82, 2.24) is 10.5 Å². The average molecular weight is 258 g/mol. The number of nitrogens with one attached hydrogen (secondary N) is 1. The Morgan fingerprint density at radius 3 is 2.95 bits per heavy atom. The Labute approximate surface area is 112 Å². The van der Waals surface area contributed by atoms with Crippen LogP contribution in [0.2, 0.25) is 0 Å². The Morgan fingerprint density at radius 2 is 2.16 bits per heavy atom. The van der Waals surface area contributed by atoms with E-state index in [1.165, 1.54) is 5.56 Å². The fourth-order valence-electron chi connectivity index (χ4n) is 2.53. The number of rotatable bonds is 4. The maximum Gasteiger partial charge on any atom is 0.124 e. The minimum Gasteiger partial charge on any atom is -0.372 e. The molecule has 1 aromatic heterocycles. The summed E-state index contributed by atoms with van der Waals surface area (Å²) < 4.78 is 11.0. The fourth-order valence-corrected chi connectivity index (χ4v) is 2.53. The lowest BCUT2D eigenvalue weighted by Gasteiger charge is -2.30. The maximum atomic E-state index is 6.06. The molecule has 4 nitrogen and oxygen atoms in total. The standard InChI is InChI=1S/C15H18N2O2/c1-2-4-12(5-3-1)11-18-15-10-16-8-6-13(15)14-7-9-19-17-14/h1-5,7,9,13,15-16H,6,8,10-11H2. The second kappa shape index (κ2) is 5.99.